The molecule has 0 aromatic heterocycles. The molecule has 0 rings (SSSR count). The number of esters is 5. The minimum absolute atomic E-state index is 0.576. The van der Waals surface area contributed by atoms with Gasteiger partial charge in [0.25, 0.3) is 0 Å². The predicted molar refractivity (Wildman–Crippen MR) is 98.7 cm³/mol. The first-order chi connectivity index (χ1) is 13.8. The van der Waals surface area contributed by atoms with Gasteiger partial charge in [-0.25, -0.2) is 0 Å². The van der Waals surface area contributed by atoms with Crippen molar-refractivity contribution < 1.29 is 52.5 Å². The molecule has 0 saturated carbocycles. The summed E-state index contributed by atoms with van der Waals surface area (Å²) in [6, 6.07) is 0. The Bertz CT molecular complexity index is 667. The highest BCUT2D eigenvalue weighted by molar-refractivity contribution is 5.88. The number of ether oxygens (including phenoxy) is 5. The van der Waals surface area contributed by atoms with Crippen molar-refractivity contribution in [3.05, 3.63) is 0 Å². The summed E-state index contributed by atoms with van der Waals surface area (Å²) in [6.45, 7) is 7.70. The molecule has 0 aliphatic carbocycles. The van der Waals surface area contributed by atoms with Gasteiger partial charge in [0.15, 0.2) is 24.1 Å². The Balaban J connectivity index is 6.41. The van der Waals surface area contributed by atoms with E-state index in [0.717, 1.165) is 34.6 Å². The second-order valence-electron chi connectivity index (χ2n) is 6.69. The summed E-state index contributed by atoms with van der Waals surface area (Å²) in [4.78, 5) is 70.5. The summed E-state index contributed by atoms with van der Waals surface area (Å²) in [6.07, 6.45) is -6.43. The normalized spacial score (nSPS) is 14.5. The van der Waals surface area contributed by atoms with E-state index in [1.165, 1.54) is 13.8 Å². The number of Topliss-reactive ketones (excluding diaryl/α,β-unsaturated/α-hetero) is 1. The minimum Gasteiger partial charge on any atom is -0.462 e. The molecule has 0 aliphatic rings. The highest BCUT2D eigenvalue weighted by Gasteiger charge is 2.47. The lowest BCUT2D eigenvalue weighted by atomic mass is 9.94. The molecule has 0 bridgehead atoms. The van der Waals surface area contributed by atoms with Crippen LogP contribution in [0.1, 0.15) is 48.5 Å². The van der Waals surface area contributed by atoms with Gasteiger partial charge < -0.3 is 23.7 Å². The first-order valence-electron chi connectivity index (χ1n) is 9.12. The van der Waals surface area contributed by atoms with Crippen molar-refractivity contribution in [3.63, 3.8) is 0 Å². The van der Waals surface area contributed by atoms with E-state index in [1.807, 2.05) is 0 Å². The van der Waals surface area contributed by atoms with Gasteiger partial charge in [-0.05, 0) is 0 Å². The molecule has 0 saturated heterocycles. The van der Waals surface area contributed by atoms with Crippen LogP contribution >= 0.6 is 0 Å². The molecule has 0 amide bonds. The third-order valence-electron chi connectivity index (χ3n) is 3.50. The second-order valence-corrected chi connectivity index (χ2v) is 6.69. The third kappa shape index (κ3) is 9.99. The molecule has 30 heavy (non-hydrogen) atoms. The van der Waals surface area contributed by atoms with E-state index in [9.17, 15) is 28.8 Å². The van der Waals surface area contributed by atoms with Crippen LogP contribution < -0.4 is 0 Å². The summed E-state index contributed by atoms with van der Waals surface area (Å²) in [5.74, 6) is -5.49. The van der Waals surface area contributed by atoms with Gasteiger partial charge in [-0.3, -0.25) is 28.8 Å². The quantitative estimate of drug-likeness (QED) is 0.332. The summed E-state index contributed by atoms with van der Waals surface area (Å²) >= 11 is 0. The Hall–Kier alpha value is -2.98. The van der Waals surface area contributed by atoms with Crippen molar-refractivity contribution >= 4 is 35.6 Å². The number of carbonyl (C=O) groups is 6. The SMILES string of the molecule is CC(=O)OCC(OC(C)=O)C(OC(C)=O)C(OC(C)=O)C(OC(C)=O)C(=O)C(C)C. The average Bonchev–Trinajstić information content (AvgIpc) is 2.58. The maximum absolute atomic E-state index is 12.7. The van der Waals surface area contributed by atoms with Gasteiger partial charge in [0, 0.05) is 40.5 Å². The summed E-state index contributed by atoms with van der Waals surface area (Å²) in [7, 11) is 0. The molecule has 0 aliphatic heterocycles. The zero-order valence-corrected chi connectivity index (χ0v) is 18.1. The lowest BCUT2D eigenvalue weighted by Crippen LogP contribution is -2.55. The van der Waals surface area contributed by atoms with E-state index >= 15 is 0 Å². The topological polar surface area (TPSA) is 149 Å². The number of hydrogen-bond acceptors (Lipinski definition) is 11. The fourth-order valence-corrected chi connectivity index (χ4v) is 2.44. The molecule has 11 nitrogen and oxygen atoms in total. The maximum Gasteiger partial charge on any atom is 0.303 e. The molecule has 0 spiro atoms. The van der Waals surface area contributed by atoms with Gasteiger partial charge in [0.05, 0.1) is 0 Å². The van der Waals surface area contributed by atoms with Crippen LogP contribution in [-0.4, -0.2) is 66.7 Å². The maximum atomic E-state index is 12.7. The van der Waals surface area contributed by atoms with Crippen LogP contribution in [0.2, 0.25) is 0 Å². The summed E-state index contributed by atoms with van der Waals surface area (Å²) in [5, 5.41) is 0. The van der Waals surface area contributed by atoms with Crippen LogP contribution in [0.15, 0.2) is 0 Å². The van der Waals surface area contributed by atoms with Crippen molar-refractivity contribution in [2.45, 2.75) is 72.9 Å². The van der Waals surface area contributed by atoms with Gasteiger partial charge in [0.1, 0.15) is 6.61 Å². The third-order valence-corrected chi connectivity index (χ3v) is 3.50. The average molecular weight is 432 g/mol. The Morgan fingerprint density at radius 1 is 0.600 bits per heavy atom. The lowest BCUT2D eigenvalue weighted by Gasteiger charge is -2.35. The molecule has 0 N–H and O–H groups in total. The van der Waals surface area contributed by atoms with Crippen LogP contribution in [-0.2, 0) is 52.5 Å². The Morgan fingerprint density at radius 3 is 1.40 bits per heavy atom. The molecule has 0 aromatic carbocycles. The van der Waals surface area contributed by atoms with Crippen molar-refractivity contribution in [1.82, 2.24) is 0 Å². The van der Waals surface area contributed by atoms with Gasteiger partial charge in [-0.15, -0.1) is 0 Å². The number of rotatable bonds is 11. The van der Waals surface area contributed by atoms with Crippen molar-refractivity contribution in [1.29, 1.82) is 0 Å². The summed E-state index contributed by atoms with van der Waals surface area (Å²) in [5.41, 5.74) is 0. The highest BCUT2D eigenvalue weighted by Crippen LogP contribution is 2.22. The number of carbonyl (C=O) groups excluding carboxylic acids is 6. The highest BCUT2D eigenvalue weighted by atomic mass is 16.6. The largest absolute Gasteiger partial charge is 0.462 e. The molecule has 0 fully saturated rings. The minimum atomic E-state index is -1.68. The molecule has 4 unspecified atom stereocenters. The van der Waals surface area contributed by atoms with Gasteiger partial charge >= 0.3 is 29.8 Å². The zero-order valence-electron chi connectivity index (χ0n) is 18.1. The summed E-state index contributed by atoms with van der Waals surface area (Å²) < 4.78 is 25.4. The molecule has 4 atom stereocenters. The van der Waals surface area contributed by atoms with Gasteiger partial charge in [-0.2, -0.15) is 0 Å². The Labute approximate surface area is 174 Å². The van der Waals surface area contributed by atoms with Crippen LogP contribution in [0, 0.1) is 5.92 Å². The van der Waals surface area contributed by atoms with Crippen molar-refractivity contribution in [3.8, 4) is 0 Å². The predicted octanol–water partition coefficient (Wildman–Crippen LogP) is 0.501. The van der Waals surface area contributed by atoms with Crippen LogP contribution in [0.5, 0.6) is 0 Å². The molecule has 0 aromatic rings. The first kappa shape index (κ1) is 27.0. The fraction of sp³-hybridized carbons (Fsp3) is 0.684. The number of hydrogen-bond donors (Lipinski definition) is 0. The first-order valence-corrected chi connectivity index (χ1v) is 9.12. The van der Waals surface area contributed by atoms with Crippen molar-refractivity contribution in [2.24, 2.45) is 5.92 Å². The van der Waals surface area contributed by atoms with Crippen LogP contribution in [0.3, 0.4) is 0 Å². The van der Waals surface area contributed by atoms with Crippen molar-refractivity contribution in [2.75, 3.05) is 6.61 Å². The Kier molecular flexibility index (Phi) is 11.3. The monoisotopic (exact) mass is 432 g/mol. The molecule has 0 heterocycles. The molecular formula is C19H28O11. The zero-order chi connectivity index (χ0) is 23.6. The van der Waals surface area contributed by atoms with Crippen LogP contribution in [0.25, 0.3) is 0 Å². The van der Waals surface area contributed by atoms with E-state index in [-0.39, 0.29) is 0 Å². The standard InChI is InChI=1S/C19H28O11/c1-9(2)16(25)18(29-13(6)23)19(30-14(7)24)17(28-12(5)22)15(27-11(4)21)8-26-10(3)20/h9,15,17-19H,8H2,1-7H3. The van der Waals surface area contributed by atoms with Crippen LogP contribution in [0.4, 0.5) is 0 Å². The van der Waals surface area contributed by atoms with E-state index < -0.39 is 72.6 Å². The Morgan fingerprint density at radius 2 is 1.03 bits per heavy atom. The van der Waals surface area contributed by atoms with E-state index in [4.69, 9.17) is 23.7 Å². The smallest absolute Gasteiger partial charge is 0.303 e. The fourth-order valence-electron chi connectivity index (χ4n) is 2.44. The molecule has 170 valence electrons. The number of ketones is 1. The molecule has 0 radical (unpaired) electrons. The van der Waals surface area contributed by atoms with Gasteiger partial charge in [-0.1, -0.05) is 13.8 Å². The molecular weight excluding hydrogens is 404 g/mol. The molecule has 11 heteroatoms. The van der Waals surface area contributed by atoms with Gasteiger partial charge in [0.2, 0.25) is 6.10 Å². The lowest BCUT2D eigenvalue weighted by molar-refractivity contribution is -0.203. The second kappa shape index (κ2) is 12.6. The van der Waals surface area contributed by atoms with E-state index in [2.05, 4.69) is 0 Å². The van der Waals surface area contributed by atoms with E-state index in [1.54, 1.807) is 0 Å². The van der Waals surface area contributed by atoms with E-state index in [0.29, 0.717) is 0 Å².